The molecule has 3 aromatic carbocycles. The highest BCUT2D eigenvalue weighted by Gasteiger charge is 2.36. The minimum atomic E-state index is -3.81. The van der Waals surface area contributed by atoms with E-state index in [1.165, 1.54) is 4.31 Å². The first-order valence-corrected chi connectivity index (χ1v) is 15.7. The normalized spacial score (nSPS) is 17.6. The van der Waals surface area contributed by atoms with E-state index in [0.29, 0.717) is 18.7 Å². The maximum Gasteiger partial charge on any atom is 0.247 e. The number of hydrogen-bond acceptors (Lipinski definition) is 7. The molecule has 0 fully saturated rings. The molecule has 4 aromatic rings. The van der Waals surface area contributed by atoms with Crippen LogP contribution in [0, 0.1) is 13.8 Å². The Morgan fingerprint density at radius 1 is 1.12 bits per heavy atom. The topological polar surface area (TPSA) is 107 Å². The van der Waals surface area contributed by atoms with E-state index in [4.69, 9.17) is 4.74 Å². The second-order valence-corrected chi connectivity index (χ2v) is 13.3. The highest BCUT2D eigenvalue weighted by atomic mass is 32.2. The molecule has 2 atom stereocenters. The molecular formula is C32H37N5O4S. The highest BCUT2D eigenvalue weighted by Crippen LogP contribution is 2.41. The van der Waals surface area contributed by atoms with Gasteiger partial charge in [0, 0.05) is 19.0 Å². The minimum absolute atomic E-state index is 0.179. The summed E-state index contributed by atoms with van der Waals surface area (Å²) in [4.78, 5) is 16.0. The van der Waals surface area contributed by atoms with Crippen molar-refractivity contribution in [3.05, 3.63) is 82.4 Å². The number of aryl methyl sites for hydroxylation is 3. The fraction of sp³-hybridized carbons (Fsp3) is 0.406. The third-order valence-corrected chi connectivity index (χ3v) is 10.2. The van der Waals surface area contributed by atoms with E-state index < -0.39 is 15.6 Å². The van der Waals surface area contributed by atoms with Crippen molar-refractivity contribution in [2.45, 2.75) is 83.5 Å². The second kappa shape index (κ2) is 11.4. The predicted octanol–water partition coefficient (Wildman–Crippen LogP) is 5.68. The van der Waals surface area contributed by atoms with Crippen LogP contribution >= 0.6 is 0 Å². The number of ether oxygens (including phenoxy) is 1. The zero-order valence-electron chi connectivity index (χ0n) is 25.0. The van der Waals surface area contributed by atoms with Gasteiger partial charge in [0.1, 0.15) is 22.3 Å². The number of nitrogens with zero attached hydrogens (tertiary/aromatic N) is 5. The molecular weight excluding hydrogens is 550 g/mol. The maximum absolute atomic E-state index is 13.9. The number of para-hydroxylation sites is 1. The summed E-state index contributed by atoms with van der Waals surface area (Å²) in [7, 11) is -3.81. The largest absolute Gasteiger partial charge is 0.488 e. The monoisotopic (exact) mass is 587 g/mol. The maximum atomic E-state index is 13.9. The molecule has 220 valence electrons. The highest BCUT2D eigenvalue weighted by molar-refractivity contribution is 7.89. The zero-order chi connectivity index (χ0) is 30.2. The molecule has 0 amide bonds. The van der Waals surface area contributed by atoms with Crippen LogP contribution in [0.25, 0.3) is 11.0 Å². The van der Waals surface area contributed by atoms with Gasteiger partial charge in [-0.2, -0.15) is 9.30 Å². The Morgan fingerprint density at radius 3 is 2.60 bits per heavy atom. The van der Waals surface area contributed by atoms with Crippen molar-refractivity contribution >= 4 is 27.1 Å². The van der Waals surface area contributed by atoms with E-state index in [1.54, 1.807) is 30.3 Å². The first-order valence-electron chi connectivity index (χ1n) is 14.3. The van der Waals surface area contributed by atoms with E-state index in [2.05, 4.69) is 21.4 Å². The van der Waals surface area contributed by atoms with Gasteiger partial charge in [-0.3, -0.25) is 0 Å². The summed E-state index contributed by atoms with van der Waals surface area (Å²) in [5, 5.41) is 8.74. The van der Waals surface area contributed by atoms with Crippen molar-refractivity contribution in [3.8, 4) is 5.75 Å². The van der Waals surface area contributed by atoms with Gasteiger partial charge in [-0.15, -0.1) is 5.10 Å². The van der Waals surface area contributed by atoms with Crippen LogP contribution in [0.3, 0.4) is 0 Å². The Kier molecular flexibility index (Phi) is 8.07. The molecule has 1 aromatic heterocycles. The minimum Gasteiger partial charge on any atom is -0.488 e. The lowest BCUT2D eigenvalue weighted by atomic mass is 9.75. The number of carbonyl (C=O) groups excluding carboxylic acids is 1. The van der Waals surface area contributed by atoms with Gasteiger partial charge in [0.2, 0.25) is 16.1 Å². The van der Waals surface area contributed by atoms with E-state index in [1.807, 2.05) is 70.5 Å². The summed E-state index contributed by atoms with van der Waals surface area (Å²) in [6.45, 7) is 13.0. The molecule has 0 spiro atoms. The SMILES string of the molecule is CC[C@@H]1CN(Cc2cc(C(c3ccc4c(nnn4CC)c3C)C(C)(C)N=C=O)ccc2C)S(=O)(=O)c2ccccc2O1. The lowest BCUT2D eigenvalue weighted by Crippen LogP contribution is -2.36. The van der Waals surface area contributed by atoms with Crippen LogP contribution in [0.5, 0.6) is 5.75 Å². The lowest BCUT2D eigenvalue weighted by Gasteiger charge is -2.32. The van der Waals surface area contributed by atoms with E-state index >= 15 is 0 Å². The van der Waals surface area contributed by atoms with Crippen molar-refractivity contribution in [1.29, 1.82) is 0 Å². The Bertz CT molecular complexity index is 1790. The predicted molar refractivity (Wildman–Crippen MR) is 162 cm³/mol. The summed E-state index contributed by atoms with van der Waals surface area (Å²) in [5.41, 5.74) is 5.59. The summed E-state index contributed by atoms with van der Waals surface area (Å²) >= 11 is 0. The quantitative estimate of drug-likeness (QED) is 0.194. The van der Waals surface area contributed by atoms with Crippen LogP contribution in [-0.4, -0.2) is 52.0 Å². The molecule has 2 heterocycles. The van der Waals surface area contributed by atoms with Gasteiger partial charge >= 0.3 is 0 Å². The number of isocyanates is 1. The van der Waals surface area contributed by atoms with Crippen molar-refractivity contribution < 1.29 is 17.9 Å². The molecule has 1 aliphatic heterocycles. The first kappa shape index (κ1) is 29.6. The number of aliphatic imine (C=N–C) groups is 1. The number of hydrogen-bond donors (Lipinski definition) is 0. The van der Waals surface area contributed by atoms with Crippen LogP contribution in [0.1, 0.15) is 67.9 Å². The van der Waals surface area contributed by atoms with Crippen LogP contribution in [0.2, 0.25) is 0 Å². The van der Waals surface area contributed by atoms with Crippen LogP contribution in [0.15, 0.2) is 64.5 Å². The number of benzene rings is 3. The van der Waals surface area contributed by atoms with Gasteiger partial charge in [-0.25, -0.2) is 17.9 Å². The first-order chi connectivity index (χ1) is 20.0. The number of fused-ring (bicyclic) bond motifs is 2. The van der Waals surface area contributed by atoms with Crippen molar-refractivity contribution in [3.63, 3.8) is 0 Å². The van der Waals surface area contributed by atoms with Crippen molar-refractivity contribution in [2.24, 2.45) is 4.99 Å². The van der Waals surface area contributed by atoms with E-state index in [9.17, 15) is 13.2 Å². The number of rotatable bonds is 8. The molecule has 0 bridgehead atoms. The van der Waals surface area contributed by atoms with Gasteiger partial charge in [0.25, 0.3) is 0 Å². The number of aromatic nitrogens is 3. The Balaban J connectivity index is 1.62. The molecule has 0 N–H and O–H groups in total. The van der Waals surface area contributed by atoms with Gasteiger partial charge in [-0.05, 0) is 87.1 Å². The van der Waals surface area contributed by atoms with Crippen molar-refractivity contribution in [2.75, 3.05) is 6.54 Å². The molecule has 1 aliphatic rings. The van der Waals surface area contributed by atoms with Crippen molar-refractivity contribution in [1.82, 2.24) is 19.3 Å². The summed E-state index contributed by atoms with van der Waals surface area (Å²) in [6.07, 6.45) is 2.17. The lowest BCUT2D eigenvalue weighted by molar-refractivity contribution is 0.168. The van der Waals surface area contributed by atoms with Gasteiger partial charge in [-0.1, -0.05) is 48.5 Å². The molecule has 0 aliphatic carbocycles. The second-order valence-electron chi connectivity index (χ2n) is 11.4. The Labute approximate surface area is 247 Å². The van der Waals surface area contributed by atoms with Crippen LogP contribution in [-0.2, 0) is 27.9 Å². The zero-order valence-corrected chi connectivity index (χ0v) is 25.8. The molecule has 42 heavy (non-hydrogen) atoms. The molecule has 1 unspecified atom stereocenters. The average molecular weight is 588 g/mol. The van der Waals surface area contributed by atoms with Crippen LogP contribution in [0.4, 0.5) is 0 Å². The van der Waals surface area contributed by atoms with Gasteiger partial charge in [0.05, 0.1) is 17.6 Å². The summed E-state index contributed by atoms with van der Waals surface area (Å²) < 4.78 is 37.2. The molecule has 5 rings (SSSR count). The Hall–Kier alpha value is -3.85. The molecule has 0 saturated heterocycles. The third kappa shape index (κ3) is 5.26. The van der Waals surface area contributed by atoms with E-state index in [-0.39, 0.29) is 30.0 Å². The number of sulfonamides is 1. The molecule has 10 heteroatoms. The molecule has 0 saturated carbocycles. The summed E-state index contributed by atoms with van der Waals surface area (Å²) in [5.74, 6) is 0.0550. The van der Waals surface area contributed by atoms with Crippen LogP contribution < -0.4 is 4.74 Å². The molecule has 0 radical (unpaired) electrons. The standard InChI is InChI=1S/C32H37N5O4S/c1-7-25-19-36(42(39,40)29-12-10-9-11-28(29)41-25)18-24-17-23(14-13-21(24)3)30(32(5,6)33-20-38)26-15-16-27-31(22(26)4)34-35-37(27)8-2/h9-17,25,30H,7-8,18-19H2,1-6H3/t25-,30?/m1/s1. The van der Waals surface area contributed by atoms with E-state index in [0.717, 1.165) is 38.9 Å². The Morgan fingerprint density at radius 2 is 1.88 bits per heavy atom. The smallest absolute Gasteiger partial charge is 0.247 e. The fourth-order valence-electron chi connectivity index (χ4n) is 5.91. The average Bonchev–Trinajstić information content (AvgIpc) is 3.34. The molecule has 9 nitrogen and oxygen atoms in total. The van der Waals surface area contributed by atoms with Gasteiger partial charge < -0.3 is 4.74 Å². The van der Waals surface area contributed by atoms with Gasteiger partial charge in [0.15, 0.2) is 0 Å². The third-order valence-electron chi connectivity index (χ3n) is 8.31. The summed E-state index contributed by atoms with van der Waals surface area (Å²) in [6, 6.07) is 17.0. The fourth-order valence-corrected chi connectivity index (χ4v) is 7.49.